The zero-order chi connectivity index (χ0) is 20.4. The van der Waals surface area contributed by atoms with E-state index in [1.165, 1.54) is 12.1 Å². The normalized spacial score (nSPS) is 22.2. The molecule has 0 aromatic heterocycles. The van der Waals surface area contributed by atoms with Crippen molar-refractivity contribution < 1.29 is 12.8 Å². The zero-order valence-electron chi connectivity index (χ0n) is 16.0. The summed E-state index contributed by atoms with van der Waals surface area (Å²) in [6, 6.07) is 19.7. The van der Waals surface area contributed by atoms with Gasteiger partial charge in [-0.2, -0.15) is 12.6 Å². The molecule has 0 saturated carbocycles. The number of nitrogens with one attached hydrogen (secondary N) is 1. The smallest absolute Gasteiger partial charge is 0.195 e. The Labute approximate surface area is 176 Å². The van der Waals surface area contributed by atoms with Gasteiger partial charge in [-0.3, -0.25) is 5.32 Å². The maximum atomic E-state index is 13.2. The van der Waals surface area contributed by atoms with Crippen molar-refractivity contribution >= 4 is 33.2 Å². The Hall–Kier alpha value is -1.89. The Morgan fingerprint density at radius 3 is 2.48 bits per heavy atom. The minimum Gasteiger partial charge on any atom is -0.297 e. The third-order valence-electron chi connectivity index (χ3n) is 5.59. The standard InChI is InChI=1S/C23H24FNO2S2/c24-19-11-8-16(9-12-19)4-3-7-20-15-22(28)23(25-20)29(26,27)21-13-10-17-5-1-2-6-18(17)14-21/h1-2,5-6,8-14,20,22-23,25,28H,3-4,7,15H2/t20?,22?,23-/m1/s1. The van der Waals surface area contributed by atoms with E-state index >= 15 is 0 Å². The van der Waals surface area contributed by atoms with Crippen LogP contribution in [0.4, 0.5) is 4.39 Å². The van der Waals surface area contributed by atoms with Gasteiger partial charge < -0.3 is 0 Å². The Bertz CT molecular complexity index is 1100. The minimum absolute atomic E-state index is 0.109. The summed E-state index contributed by atoms with van der Waals surface area (Å²) in [4.78, 5) is 0.333. The van der Waals surface area contributed by atoms with Gasteiger partial charge in [0.1, 0.15) is 11.2 Å². The van der Waals surface area contributed by atoms with Crippen molar-refractivity contribution in [2.45, 2.75) is 47.2 Å². The number of sulfone groups is 1. The number of benzene rings is 3. The lowest BCUT2D eigenvalue weighted by molar-refractivity contribution is 0.517. The fourth-order valence-electron chi connectivity index (χ4n) is 4.02. The van der Waals surface area contributed by atoms with Gasteiger partial charge in [0.15, 0.2) is 9.84 Å². The number of aryl methyl sites for hydroxylation is 1. The first kappa shape index (κ1) is 20.4. The van der Waals surface area contributed by atoms with Crippen molar-refractivity contribution in [1.29, 1.82) is 0 Å². The number of thiol groups is 1. The van der Waals surface area contributed by atoms with E-state index in [0.29, 0.717) is 11.3 Å². The van der Waals surface area contributed by atoms with Crippen molar-refractivity contribution in [2.24, 2.45) is 0 Å². The first-order valence-corrected chi connectivity index (χ1v) is 11.9. The summed E-state index contributed by atoms with van der Waals surface area (Å²) in [6.45, 7) is 0. The second kappa shape index (κ2) is 8.46. The minimum atomic E-state index is -3.52. The summed E-state index contributed by atoms with van der Waals surface area (Å²) < 4.78 is 39.4. The van der Waals surface area contributed by atoms with Crippen LogP contribution in [0.15, 0.2) is 71.6 Å². The molecule has 29 heavy (non-hydrogen) atoms. The Morgan fingerprint density at radius 2 is 1.72 bits per heavy atom. The lowest BCUT2D eigenvalue weighted by Gasteiger charge is -2.17. The van der Waals surface area contributed by atoms with Crippen LogP contribution < -0.4 is 5.32 Å². The molecule has 6 heteroatoms. The molecule has 152 valence electrons. The van der Waals surface area contributed by atoms with Crippen molar-refractivity contribution in [3.63, 3.8) is 0 Å². The highest BCUT2D eigenvalue weighted by Gasteiger charge is 2.40. The Balaban J connectivity index is 1.42. The average Bonchev–Trinajstić information content (AvgIpc) is 3.10. The van der Waals surface area contributed by atoms with Gasteiger partial charge in [-0.15, -0.1) is 0 Å². The monoisotopic (exact) mass is 429 g/mol. The molecule has 1 aliphatic rings. The summed E-state index contributed by atoms with van der Waals surface area (Å²) in [5.41, 5.74) is 1.09. The molecule has 0 bridgehead atoms. The van der Waals surface area contributed by atoms with Crippen LogP contribution >= 0.6 is 12.6 Å². The van der Waals surface area contributed by atoms with Crippen LogP contribution in [-0.2, 0) is 16.3 Å². The van der Waals surface area contributed by atoms with Gasteiger partial charge in [-0.25, -0.2) is 12.8 Å². The molecule has 1 fully saturated rings. The number of hydrogen-bond acceptors (Lipinski definition) is 4. The molecule has 1 saturated heterocycles. The fraction of sp³-hybridized carbons (Fsp3) is 0.304. The second-order valence-corrected chi connectivity index (χ2v) is 10.4. The van der Waals surface area contributed by atoms with Crippen molar-refractivity contribution in [3.8, 4) is 0 Å². The van der Waals surface area contributed by atoms with E-state index in [4.69, 9.17) is 0 Å². The quantitative estimate of drug-likeness (QED) is 0.555. The maximum absolute atomic E-state index is 13.2. The van der Waals surface area contributed by atoms with Crippen LogP contribution in [0, 0.1) is 5.82 Å². The number of rotatable bonds is 6. The van der Waals surface area contributed by atoms with E-state index in [1.807, 2.05) is 30.3 Å². The summed E-state index contributed by atoms with van der Waals surface area (Å²) in [5, 5.41) is 4.29. The average molecular weight is 430 g/mol. The maximum Gasteiger partial charge on any atom is 0.195 e. The number of hydrogen-bond donors (Lipinski definition) is 2. The van der Waals surface area contributed by atoms with Gasteiger partial charge in [-0.05, 0) is 66.3 Å². The van der Waals surface area contributed by atoms with Gasteiger partial charge in [0.25, 0.3) is 0 Å². The van der Waals surface area contributed by atoms with E-state index in [9.17, 15) is 12.8 Å². The van der Waals surface area contributed by atoms with Crippen LogP contribution in [0.25, 0.3) is 10.8 Å². The molecule has 0 radical (unpaired) electrons. The highest BCUT2D eigenvalue weighted by atomic mass is 32.2. The van der Waals surface area contributed by atoms with Crippen molar-refractivity contribution in [1.82, 2.24) is 5.32 Å². The largest absolute Gasteiger partial charge is 0.297 e. The van der Waals surface area contributed by atoms with Gasteiger partial charge in [0, 0.05) is 11.3 Å². The molecule has 1 N–H and O–H groups in total. The van der Waals surface area contributed by atoms with Crippen LogP contribution in [0.5, 0.6) is 0 Å². The molecule has 2 unspecified atom stereocenters. The second-order valence-electron chi connectivity index (χ2n) is 7.66. The summed E-state index contributed by atoms with van der Waals surface area (Å²) in [7, 11) is -3.52. The predicted molar refractivity (Wildman–Crippen MR) is 119 cm³/mol. The molecule has 0 spiro atoms. The van der Waals surface area contributed by atoms with E-state index < -0.39 is 15.2 Å². The van der Waals surface area contributed by atoms with Crippen LogP contribution in [0.2, 0.25) is 0 Å². The predicted octanol–water partition coefficient (Wildman–Crippen LogP) is 4.76. The highest BCUT2D eigenvalue weighted by Crippen LogP contribution is 2.30. The van der Waals surface area contributed by atoms with E-state index in [0.717, 1.165) is 35.6 Å². The molecular weight excluding hydrogens is 405 g/mol. The molecule has 3 nitrogen and oxygen atoms in total. The van der Waals surface area contributed by atoms with E-state index in [-0.39, 0.29) is 17.1 Å². The van der Waals surface area contributed by atoms with Crippen LogP contribution in [0.1, 0.15) is 24.8 Å². The third kappa shape index (κ3) is 4.49. The first-order chi connectivity index (χ1) is 13.9. The fourth-order valence-corrected chi connectivity index (χ4v) is 6.58. The van der Waals surface area contributed by atoms with Crippen LogP contribution in [-0.4, -0.2) is 25.1 Å². The van der Waals surface area contributed by atoms with E-state index in [1.54, 1.807) is 24.3 Å². The van der Waals surface area contributed by atoms with Gasteiger partial charge in [-0.1, -0.05) is 42.5 Å². The van der Waals surface area contributed by atoms with Gasteiger partial charge in [0.05, 0.1) is 4.90 Å². The summed E-state index contributed by atoms with van der Waals surface area (Å²) in [5.74, 6) is -0.231. The highest BCUT2D eigenvalue weighted by molar-refractivity contribution is 7.93. The Morgan fingerprint density at radius 1 is 1.00 bits per heavy atom. The molecule has 1 aliphatic heterocycles. The third-order valence-corrected chi connectivity index (χ3v) is 8.35. The summed E-state index contributed by atoms with van der Waals surface area (Å²) >= 11 is 4.58. The molecular formula is C23H24FNO2S2. The van der Waals surface area contributed by atoms with Crippen LogP contribution in [0.3, 0.4) is 0 Å². The SMILES string of the molecule is O=S(=O)(c1ccc2ccccc2c1)[C@H]1NC(CCCc2ccc(F)cc2)CC1S. The topological polar surface area (TPSA) is 46.2 Å². The number of halogens is 1. The molecule has 1 heterocycles. The lowest BCUT2D eigenvalue weighted by Crippen LogP contribution is -2.39. The van der Waals surface area contributed by atoms with Crippen molar-refractivity contribution in [2.75, 3.05) is 0 Å². The molecule has 3 atom stereocenters. The van der Waals surface area contributed by atoms with Crippen molar-refractivity contribution in [3.05, 3.63) is 78.1 Å². The van der Waals surface area contributed by atoms with Gasteiger partial charge >= 0.3 is 0 Å². The first-order valence-electron chi connectivity index (χ1n) is 9.85. The zero-order valence-corrected chi connectivity index (χ0v) is 17.7. The van der Waals surface area contributed by atoms with Gasteiger partial charge in [0.2, 0.25) is 0 Å². The molecule has 3 aromatic carbocycles. The molecule has 0 amide bonds. The lowest BCUT2D eigenvalue weighted by atomic mass is 10.0. The Kier molecular flexibility index (Phi) is 5.95. The molecule has 0 aliphatic carbocycles. The molecule has 4 rings (SSSR count). The number of fused-ring (bicyclic) bond motifs is 1. The van der Waals surface area contributed by atoms with E-state index in [2.05, 4.69) is 17.9 Å². The summed E-state index contributed by atoms with van der Waals surface area (Å²) in [6.07, 6.45) is 3.33. The molecule has 3 aromatic rings.